The van der Waals surface area contributed by atoms with Crippen LogP contribution in [0.1, 0.15) is 58.3 Å². The number of hydrogen-bond donors (Lipinski definition) is 2. The lowest BCUT2D eigenvalue weighted by Gasteiger charge is -2.26. The van der Waals surface area contributed by atoms with Gasteiger partial charge in [0.05, 0.1) is 23.2 Å². The van der Waals surface area contributed by atoms with Crippen molar-refractivity contribution >= 4 is 27.7 Å². The molecule has 1 aliphatic heterocycles. The minimum Gasteiger partial charge on any atom is -0.356 e. The quantitative estimate of drug-likeness (QED) is 0.297. The molecular formula is C24H37N3O7S. The van der Waals surface area contributed by atoms with E-state index in [0.29, 0.717) is 45.3 Å². The molecule has 5 unspecified atom stereocenters. The molecular weight excluding hydrogens is 474 g/mol. The van der Waals surface area contributed by atoms with Gasteiger partial charge in [-0.3, -0.25) is 19.1 Å². The number of carbonyl (C=O) groups is 3. The Hall–Kier alpha value is -1.98. The Labute approximate surface area is 207 Å². The minimum atomic E-state index is -3.75. The number of rotatable bonds is 7. The molecule has 4 aliphatic rings. The van der Waals surface area contributed by atoms with Crippen LogP contribution in [0.2, 0.25) is 0 Å². The summed E-state index contributed by atoms with van der Waals surface area (Å²) in [7, 11) is -2.00. The lowest BCUT2D eigenvalue weighted by Crippen LogP contribution is -2.54. The van der Waals surface area contributed by atoms with Gasteiger partial charge in [-0.15, -0.1) is 0 Å². The maximum atomic E-state index is 13.5. The normalized spacial score (nSPS) is 33.9. The second-order valence-electron chi connectivity index (χ2n) is 10.2. The van der Waals surface area contributed by atoms with Crippen LogP contribution in [-0.2, 0) is 33.9 Å². The van der Waals surface area contributed by atoms with Crippen LogP contribution in [-0.4, -0.2) is 74.9 Å². The summed E-state index contributed by atoms with van der Waals surface area (Å²) in [5, 5.41) is 2.33. The van der Waals surface area contributed by atoms with Gasteiger partial charge in [-0.1, -0.05) is 12.2 Å². The van der Waals surface area contributed by atoms with Crippen LogP contribution in [0, 0.1) is 17.8 Å². The first-order valence-electron chi connectivity index (χ1n) is 12.7. The van der Waals surface area contributed by atoms with Crippen molar-refractivity contribution in [3.05, 3.63) is 12.2 Å². The van der Waals surface area contributed by atoms with Crippen molar-refractivity contribution in [2.75, 3.05) is 27.0 Å². The van der Waals surface area contributed by atoms with Crippen molar-refractivity contribution in [3.8, 4) is 0 Å². The van der Waals surface area contributed by atoms with Gasteiger partial charge in [0.25, 0.3) is 5.91 Å². The first-order valence-corrected chi connectivity index (χ1v) is 14.2. The summed E-state index contributed by atoms with van der Waals surface area (Å²) in [5.41, 5.74) is -1.32. The molecule has 3 saturated carbocycles. The number of sulfonamides is 1. The molecule has 0 aromatic carbocycles. The van der Waals surface area contributed by atoms with Crippen LogP contribution >= 0.6 is 0 Å². The largest absolute Gasteiger partial charge is 0.356 e. The van der Waals surface area contributed by atoms with Crippen molar-refractivity contribution < 1.29 is 32.3 Å². The number of nitrogens with one attached hydrogen (secondary N) is 2. The van der Waals surface area contributed by atoms with Gasteiger partial charge < -0.3 is 19.7 Å². The topological polar surface area (TPSA) is 131 Å². The molecule has 3 amide bonds. The molecule has 0 radical (unpaired) electrons. The van der Waals surface area contributed by atoms with Gasteiger partial charge >= 0.3 is 0 Å². The summed E-state index contributed by atoms with van der Waals surface area (Å²) in [6.45, 7) is 3.05. The van der Waals surface area contributed by atoms with E-state index in [9.17, 15) is 22.8 Å². The van der Waals surface area contributed by atoms with Crippen LogP contribution in [0.3, 0.4) is 0 Å². The number of nitrogens with zero attached hydrogens (tertiary/aromatic N) is 1. The highest BCUT2D eigenvalue weighted by molar-refractivity contribution is 7.91. The molecule has 1 heterocycles. The van der Waals surface area contributed by atoms with Gasteiger partial charge in [-0.2, -0.15) is 0 Å². The number of ether oxygens (including phenoxy) is 2. The van der Waals surface area contributed by atoms with E-state index in [1.54, 1.807) is 11.9 Å². The fourth-order valence-corrected chi connectivity index (χ4v) is 6.52. The van der Waals surface area contributed by atoms with E-state index in [-0.39, 0.29) is 24.7 Å². The second kappa shape index (κ2) is 10.6. The first-order chi connectivity index (χ1) is 16.7. The molecule has 35 heavy (non-hydrogen) atoms. The first kappa shape index (κ1) is 26.1. The molecule has 3 aliphatic carbocycles. The molecule has 0 aromatic heterocycles. The Kier molecular flexibility index (Phi) is 7.87. The molecule has 0 aromatic rings. The highest BCUT2D eigenvalue weighted by atomic mass is 32.2. The Morgan fingerprint density at radius 3 is 2.69 bits per heavy atom. The van der Waals surface area contributed by atoms with E-state index >= 15 is 0 Å². The summed E-state index contributed by atoms with van der Waals surface area (Å²) >= 11 is 0. The van der Waals surface area contributed by atoms with Gasteiger partial charge in [-0.05, 0) is 58.3 Å². The molecule has 0 bridgehead atoms. The molecule has 0 spiro atoms. The monoisotopic (exact) mass is 511 g/mol. The van der Waals surface area contributed by atoms with Crippen LogP contribution in [0.4, 0.5) is 0 Å². The van der Waals surface area contributed by atoms with Crippen molar-refractivity contribution in [3.63, 3.8) is 0 Å². The third-order valence-electron chi connectivity index (χ3n) is 7.59. The van der Waals surface area contributed by atoms with Crippen molar-refractivity contribution in [2.45, 2.75) is 75.2 Å². The van der Waals surface area contributed by atoms with E-state index in [4.69, 9.17) is 9.47 Å². The van der Waals surface area contributed by atoms with Crippen molar-refractivity contribution in [2.24, 2.45) is 17.8 Å². The minimum absolute atomic E-state index is 0.0878. The molecule has 11 heteroatoms. The predicted octanol–water partition coefficient (Wildman–Crippen LogP) is 1.07. The zero-order chi connectivity index (χ0) is 25.2. The molecule has 2 N–H and O–H groups in total. The van der Waals surface area contributed by atoms with Gasteiger partial charge in [0.2, 0.25) is 21.8 Å². The number of carbonyl (C=O) groups excluding carboxylic acids is 3. The van der Waals surface area contributed by atoms with E-state index < -0.39 is 44.5 Å². The lowest BCUT2D eigenvalue weighted by atomic mass is 9.93. The average molecular weight is 512 g/mol. The molecule has 4 rings (SSSR count). The Morgan fingerprint density at radius 1 is 1.23 bits per heavy atom. The van der Waals surface area contributed by atoms with Gasteiger partial charge in [0.15, 0.2) is 0 Å². The third-order valence-corrected chi connectivity index (χ3v) is 9.41. The van der Waals surface area contributed by atoms with Gasteiger partial charge in [-0.25, -0.2) is 8.42 Å². The standard InChI is InChI=1S/C24H37N3O7S/c1-3-33-15-34-17-12-19-20(13-17)22(29)27(2)11-7-5-4-6-8-16-14-24(16,25-21(19)28)23(30)26-35(31,32)18-9-10-18/h6,8,16-20H,3-5,7,9-15H2,1-2H3,(H,25,28)(H,26,30). The van der Waals surface area contributed by atoms with E-state index in [2.05, 4.69) is 10.0 Å². The number of amides is 3. The third kappa shape index (κ3) is 5.89. The molecule has 3 fully saturated rings. The summed E-state index contributed by atoms with van der Waals surface area (Å²) in [4.78, 5) is 41.7. The SMILES string of the molecule is CCOCOC1CC2C(=O)NC3(C(=O)NS(=O)(=O)C4CC4)CC3C=CCCCCN(C)C(=O)C2C1. The fraction of sp³-hybridized carbons (Fsp3) is 0.792. The average Bonchev–Trinajstić information content (AvgIpc) is 3.73. The smallest absolute Gasteiger partial charge is 0.259 e. The van der Waals surface area contributed by atoms with Gasteiger partial charge in [0.1, 0.15) is 12.3 Å². The molecule has 5 atom stereocenters. The maximum Gasteiger partial charge on any atom is 0.259 e. The summed E-state index contributed by atoms with van der Waals surface area (Å²) in [6.07, 6.45) is 8.20. The maximum absolute atomic E-state index is 13.5. The lowest BCUT2D eigenvalue weighted by molar-refractivity contribution is -0.140. The predicted molar refractivity (Wildman–Crippen MR) is 127 cm³/mol. The van der Waals surface area contributed by atoms with Crippen molar-refractivity contribution in [1.82, 2.24) is 14.9 Å². The molecule has 10 nitrogen and oxygen atoms in total. The zero-order valence-electron chi connectivity index (χ0n) is 20.5. The van der Waals surface area contributed by atoms with Crippen LogP contribution in [0.15, 0.2) is 12.2 Å². The van der Waals surface area contributed by atoms with Crippen LogP contribution < -0.4 is 10.0 Å². The Balaban J connectivity index is 1.56. The van der Waals surface area contributed by atoms with E-state index in [1.165, 1.54) is 0 Å². The molecule has 196 valence electrons. The van der Waals surface area contributed by atoms with Crippen molar-refractivity contribution in [1.29, 1.82) is 0 Å². The Morgan fingerprint density at radius 2 is 1.97 bits per heavy atom. The number of hydrogen-bond acceptors (Lipinski definition) is 7. The van der Waals surface area contributed by atoms with Gasteiger partial charge in [0, 0.05) is 26.1 Å². The Bertz CT molecular complexity index is 964. The number of allylic oxidation sites excluding steroid dienone is 1. The summed E-state index contributed by atoms with van der Waals surface area (Å²) < 4.78 is 38.1. The summed E-state index contributed by atoms with van der Waals surface area (Å²) in [5.74, 6) is -2.74. The zero-order valence-corrected chi connectivity index (χ0v) is 21.3. The van der Waals surface area contributed by atoms with Crippen LogP contribution in [0.25, 0.3) is 0 Å². The summed E-state index contributed by atoms with van der Waals surface area (Å²) in [6, 6.07) is 0. The molecule has 0 saturated heterocycles. The van der Waals surface area contributed by atoms with E-state index in [1.807, 2.05) is 19.1 Å². The van der Waals surface area contributed by atoms with E-state index in [0.717, 1.165) is 19.3 Å². The number of fused-ring (bicyclic) bond motifs is 2. The fourth-order valence-electron chi connectivity index (χ4n) is 5.16. The highest BCUT2D eigenvalue weighted by Crippen LogP contribution is 2.47. The second-order valence-corrected chi connectivity index (χ2v) is 12.2. The highest BCUT2D eigenvalue weighted by Gasteiger charge is 2.62. The van der Waals surface area contributed by atoms with Crippen LogP contribution in [0.5, 0.6) is 0 Å².